The van der Waals surface area contributed by atoms with Crippen LogP contribution in [0.4, 0.5) is 0 Å². The Morgan fingerprint density at radius 3 is 1.29 bits per heavy atom. The molecule has 6 saturated heterocycles. The molecule has 0 bridgehead atoms. The SMILES string of the molecule is NNC(=O)CCCO[C@@H]1OC(CO[C@H]2OC(CO[C@H]3OC(CO)[C@@H](O)[C@H](O)C3O[C@H]3OC(CO)[C@@H](O)[C@H](O)C3O)[C@@H](O)[C@H](O)C2O)[C@@H](O)[C@H](O[C@H]2OC(CO)[C@@H](O)[C@H](O)C2O[C@H]2OC(CO)[C@@H](O)[C@H](O)C2OC(=O)c2ccccc2)C1O.O=POO.O=POO. The van der Waals surface area contributed by atoms with Crippen molar-refractivity contribution < 1.29 is 192 Å². The van der Waals surface area contributed by atoms with Gasteiger partial charge in [-0.25, -0.2) is 30.3 Å². The lowest BCUT2D eigenvalue weighted by molar-refractivity contribution is -0.390. The summed E-state index contributed by atoms with van der Waals surface area (Å²) in [6.07, 6.45) is -57.9. The van der Waals surface area contributed by atoms with Gasteiger partial charge in [-0.2, -0.15) is 0 Å². The third kappa shape index (κ3) is 19.8. The van der Waals surface area contributed by atoms with E-state index in [9.17, 15) is 102 Å². The molecule has 0 aromatic heterocycles. The minimum Gasteiger partial charge on any atom is -0.450 e. The lowest BCUT2D eigenvalue weighted by Crippen LogP contribution is -2.67. The maximum atomic E-state index is 13.2. The van der Waals surface area contributed by atoms with Crippen LogP contribution in [0.5, 0.6) is 0 Å². The van der Waals surface area contributed by atoms with Crippen LogP contribution in [-0.2, 0) is 84.9 Å². The van der Waals surface area contributed by atoms with Crippen molar-refractivity contribution in [3.8, 4) is 0 Å². The van der Waals surface area contributed by atoms with Crippen molar-refractivity contribution in [2.45, 2.75) is 197 Å². The van der Waals surface area contributed by atoms with Crippen LogP contribution in [0.1, 0.15) is 23.2 Å². The second-order valence-electron chi connectivity index (χ2n) is 20.4. The molecule has 518 valence electrons. The van der Waals surface area contributed by atoms with Crippen molar-refractivity contribution in [2.75, 3.05) is 46.2 Å². The molecule has 6 aliphatic rings. The zero-order chi connectivity index (χ0) is 66.7. The predicted octanol–water partition coefficient (Wildman–Crippen LogP) is -11.1. The first-order chi connectivity index (χ1) is 42.9. The predicted molar refractivity (Wildman–Crippen MR) is 277 cm³/mol. The Kier molecular flexibility index (Phi) is 32.7. The molecule has 1 aromatic rings. The van der Waals surface area contributed by atoms with Gasteiger partial charge in [0.25, 0.3) is 0 Å². The fraction of sp³-hybridized carbons (Fsp3) is 0.830. The zero-order valence-electron chi connectivity index (χ0n) is 46.7. The van der Waals surface area contributed by atoms with Crippen molar-refractivity contribution in [1.29, 1.82) is 0 Å². The van der Waals surface area contributed by atoms with Gasteiger partial charge in [0.2, 0.25) is 5.91 Å². The summed E-state index contributed by atoms with van der Waals surface area (Å²) in [5.41, 5.74) is 1.89. The number of ether oxygens (including phenoxy) is 13. The summed E-state index contributed by atoms with van der Waals surface area (Å²) in [7, 11) is -1.39. The van der Waals surface area contributed by atoms with Gasteiger partial charge in [0.05, 0.1) is 51.8 Å². The van der Waals surface area contributed by atoms with Crippen LogP contribution in [0.25, 0.3) is 0 Å². The number of nitrogens with one attached hydrogen (secondary N) is 1. The zero-order valence-corrected chi connectivity index (χ0v) is 48.5. The first-order valence-electron chi connectivity index (χ1n) is 27.1. The van der Waals surface area contributed by atoms with Gasteiger partial charge >= 0.3 is 23.3 Å². The van der Waals surface area contributed by atoms with Crippen molar-refractivity contribution in [2.24, 2.45) is 5.84 Å². The molecular formula is C47H76N2O39P2. The van der Waals surface area contributed by atoms with E-state index in [4.69, 9.17) is 87.1 Å². The van der Waals surface area contributed by atoms with E-state index in [0.29, 0.717) is 0 Å². The molecule has 1 amide bonds. The number of aliphatic hydroxyl groups is 18. The summed E-state index contributed by atoms with van der Waals surface area (Å²) in [5, 5.41) is 208. The number of hydrogen-bond donors (Lipinski definition) is 22. The summed E-state index contributed by atoms with van der Waals surface area (Å²) in [6.45, 7) is -5.83. The minimum atomic E-state index is -2.16. The number of esters is 1. The molecule has 41 nitrogen and oxygen atoms in total. The van der Waals surface area contributed by atoms with Crippen LogP contribution >= 0.6 is 17.4 Å². The summed E-state index contributed by atoms with van der Waals surface area (Å²) in [5.74, 6) is 3.50. The molecule has 6 heterocycles. The van der Waals surface area contributed by atoms with Gasteiger partial charge in [0, 0.05) is 6.42 Å². The fourth-order valence-electron chi connectivity index (χ4n) is 9.76. The molecule has 90 heavy (non-hydrogen) atoms. The molecule has 30 atom stereocenters. The van der Waals surface area contributed by atoms with Gasteiger partial charge in [-0.1, -0.05) is 18.2 Å². The number of carbonyl (C=O) groups excluding carboxylic acids is 2. The van der Waals surface area contributed by atoms with Gasteiger partial charge < -0.3 is 153 Å². The van der Waals surface area contributed by atoms with Gasteiger partial charge in [0.1, 0.15) is 140 Å². The number of carbonyl (C=O) groups is 2. The molecule has 23 N–H and O–H groups in total. The Labute approximate surface area is 510 Å². The Morgan fingerprint density at radius 1 is 0.433 bits per heavy atom. The molecule has 43 heteroatoms. The quantitative estimate of drug-likeness (QED) is 0.00822. The van der Waals surface area contributed by atoms with E-state index in [1.54, 1.807) is 6.07 Å². The molecule has 7 rings (SSSR count). The number of rotatable bonds is 25. The third-order valence-corrected chi connectivity index (χ3v) is 14.8. The van der Waals surface area contributed by atoms with Gasteiger partial charge in [-0.3, -0.25) is 10.2 Å². The molecular weight excluding hydrogens is 1280 g/mol. The number of hydrazine groups is 1. The fourth-order valence-corrected chi connectivity index (χ4v) is 9.76. The lowest BCUT2D eigenvalue weighted by atomic mass is 9.96. The topological polar surface area (TPSA) is 649 Å². The van der Waals surface area contributed by atoms with Crippen LogP contribution in [-0.4, -0.2) is 345 Å². The highest BCUT2D eigenvalue weighted by atomic mass is 31.1. The Morgan fingerprint density at radius 2 is 0.800 bits per heavy atom. The number of nitrogens with two attached hydrogens (primary N) is 1. The molecule has 0 spiro atoms. The van der Waals surface area contributed by atoms with E-state index in [2.05, 4.69) is 9.35 Å². The van der Waals surface area contributed by atoms with Crippen LogP contribution in [0.15, 0.2) is 30.3 Å². The summed E-state index contributed by atoms with van der Waals surface area (Å²) in [6, 6.07) is 7.28. The van der Waals surface area contributed by atoms with Crippen LogP contribution in [0.2, 0.25) is 0 Å². The van der Waals surface area contributed by atoms with Gasteiger partial charge in [0.15, 0.2) is 43.8 Å². The van der Waals surface area contributed by atoms with Crippen LogP contribution in [0, 0.1) is 0 Å². The van der Waals surface area contributed by atoms with Crippen molar-refractivity contribution in [3.05, 3.63) is 35.9 Å². The molecule has 0 radical (unpaired) electrons. The number of hydrogen-bond acceptors (Lipinski definition) is 40. The van der Waals surface area contributed by atoms with Crippen LogP contribution < -0.4 is 11.3 Å². The molecule has 0 saturated carbocycles. The van der Waals surface area contributed by atoms with E-state index in [1.165, 1.54) is 24.3 Å². The van der Waals surface area contributed by atoms with Crippen molar-refractivity contribution >= 4 is 29.3 Å². The largest absolute Gasteiger partial charge is 0.450 e. The monoisotopic (exact) mass is 1350 g/mol. The highest BCUT2D eigenvalue weighted by molar-refractivity contribution is 7.17. The maximum absolute atomic E-state index is 13.2. The lowest BCUT2D eigenvalue weighted by Gasteiger charge is -2.49. The second-order valence-corrected chi connectivity index (χ2v) is 21.0. The first kappa shape index (κ1) is 77.7. The summed E-state index contributed by atoms with van der Waals surface area (Å²) < 4.78 is 98.0. The van der Waals surface area contributed by atoms with E-state index in [1.807, 2.05) is 5.43 Å². The molecule has 6 fully saturated rings. The standard InChI is InChI=1S/C47H74N2O33.2HO3P/c48-49-22(54)7-4-8-70-43-36(68)37(80-47-40(33(65)26(58)19(12-53)76-47)82-46-39(32(64)25(57)18(11-52)75-46)79-41(69)15-5-2-1-3-6-15)28(60)21(78-43)14-71-42-34(66)30(62)27(59)20(77-42)13-72-45-38(31(63)24(56)17(10-51)74-45)81-44-35(67)29(61)23(55)16(9-50)73-44;2*1-3-4-2/h1-3,5-6,16-21,23-40,42-47,50-53,55-68H,4,7-14,48H2,(H,49,54);2*1H/t16?,17?,18?,19?,20?,21?,23-,24-,25-,26-,27-,28-,29+,30+,31+,32+,33+,34?,35?,36?,37+,38?,39?,40?,42+,43-,44-,45+,46-,47-;;/m1../s1. The highest BCUT2D eigenvalue weighted by Gasteiger charge is 2.57. The van der Waals surface area contributed by atoms with E-state index in [0.717, 1.165) is 0 Å². The molecule has 0 aliphatic carbocycles. The van der Waals surface area contributed by atoms with Crippen LogP contribution in [0.3, 0.4) is 0 Å². The highest BCUT2D eigenvalue weighted by Crippen LogP contribution is 2.36. The van der Waals surface area contributed by atoms with E-state index < -0.39 is 253 Å². The molecule has 1 aromatic carbocycles. The maximum Gasteiger partial charge on any atom is 0.358 e. The summed E-state index contributed by atoms with van der Waals surface area (Å²) >= 11 is 0. The number of benzene rings is 1. The third-order valence-electron chi connectivity index (χ3n) is 14.7. The van der Waals surface area contributed by atoms with Crippen molar-refractivity contribution in [1.82, 2.24) is 5.43 Å². The van der Waals surface area contributed by atoms with Gasteiger partial charge in [-0.15, -0.1) is 9.35 Å². The Balaban J connectivity index is 0.00000173. The molecule has 12 unspecified atom stereocenters. The first-order valence-corrected chi connectivity index (χ1v) is 28.6. The second kappa shape index (κ2) is 37.9. The summed E-state index contributed by atoms with van der Waals surface area (Å²) in [4.78, 5) is 25.1. The Hall–Kier alpha value is -3.04. The Bertz CT molecular complexity index is 2260. The number of amides is 1. The number of aliphatic hydroxyl groups excluding tert-OH is 18. The smallest absolute Gasteiger partial charge is 0.358 e. The minimum absolute atomic E-state index is 0.0340. The van der Waals surface area contributed by atoms with Crippen molar-refractivity contribution in [3.63, 3.8) is 0 Å². The molecule has 6 aliphatic heterocycles. The van der Waals surface area contributed by atoms with Gasteiger partial charge in [-0.05, 0) is 18.6 Å². The average molecular weight is 1360 g/mol. The van der Waals surface area contributed by atoms with E-state index >= 15 is 0 Å². The average Bonchev–Trinajstić information content (AvgIpc) is 1.03. The van der Waals surface area contributed by atoms with E-state index in [-0.39, 0.29) is 25.0 Å². The normalized spacial score (nSPS) is 42.2.